The molecule has 0 saturated heterocycles. The molecule has 0 saturated carbocycles. The van der Waals surface area contributed by atoms with E-state index in [4.69, 9.17) is 9.47 Å². The monoisotopic (exact) mass is 194 g/mol. The Morgan fingerprint density at radius 2 is 2.21 bits per heavy atom. The maximum Gasteiger partial charge on any atom is 0.340 e. The van der Waals surface area contributed by atoms with Crippen LogP contribution in [0.5, 0.6) is 0 Å². The van der Waals surface area contributed by atoms with E-state index in [9.17, 15) is 4.79 Å². The highest BCUT2D eigenvalue weighted by Gasteiger charge is 2.05. The van der Waals surface area contributed by atoms with Crippen LogP contribution in [0.25, 0.3) is 0 Å². The van der Waals surface area contributed by atoms with Crippen molar-refractivity contribution in [3.05, 3.63) is 35.4 Å². The molecule has 0 amide bonds. The predicted octanol–water partition coefficient (Wildman–Crippen LogP) is 2.15. The van der Waals surface area contributed by atoms with Gasteiger partial charge in [0.1, 0.15) is 0 Å². The lowest BCUT2D eigenvalue weighted by molar-refractivity contribution is -0.0274. The van der Waals surface area contributed by atoms with Crippen LogP contribution in [0.1, 0.15) is 22.8 Å². The zero-order chi connectivity index (χ0) is 10.4. The molecular formula is C11H14O3. The third-order valence-corrected chi connectivity index (χ3v) is 1.73. The van der Waals surface area contributed by atoms with E-state index in [0.717, 1.165) is 5.56 Å². The highest BCUT2D eigenvalue weighted by molar-refractivity contribution is 5.89. The molecule has 0 aliphatic carbocycles. The van der Waals surface area contributed by atoms with Crippen molar-refractivity contribution < 1.29 is 14.3 Å². The van der Waals surface area contributed by atoms with E-state index in [2.05, 4.69) is 0 Å². The fourth-order valence-corrected chi connectivity index (χ4v) is 1.03. The summed E-state index contributed by atoms with van der Waals surface area (Å²) in [7, 11) is 0. The first-order valence-electron chi connectivity index (χ1n) is 4.55. The number of esters is 1. The van der Waals surface area contributed by atoms with Gasteiger partial charge in [-0.1, -0.05) is 17.7 Å². The van der Waals surface area contributed by atoms with E-state index in [0.29, 0.717) is 12.2 Å². The lowest BCUT2D eigenvalue weighted by Gasteiger charge is -2.04. The molecule has 0 bridgehead atoms. The molecule has 0 heterocycles. The zero-order valence-corrected chi connectivity index (χ0v) is 8.45. The number of carbonyl (C=O) groups excluding carboxylic acids is 1. The number of carbonyl (C=O) groups is 1. The molecule has 0 fully saturated rings. The fourth-order valence-electron chi connectivity index (χ4n) is 1.03. The standard InChI is InChI=1S/C11H14O3/c1-3-13-8-14-11(12)10-6-4-5-9(2)7-10/h4-7H,3,8H2,1-2H3. The Kier molecular flexibility index (Phi) is 4.13. The minimum absolute atomic E-state index is 0.0171. The van der Waals surface area contributed by atoms with Crippen molar-refractivity contribution in [3.63, 3.8) is 0 Å². The van der Waals surface area contributed by atoms with Gasteiger partial charge in [0.25, 0.3) is 0 Å². The molecule has 1 aromatic rings. The fraction of sp³-hybridized carbons (Fsp3) is 0.364. The minimum Gasteiger partial charge on any atom is -0.435 e. The second-order valence-corrected chi connectivity index (χ2v) is 2.91. The molecule has 0 aliphatic heterocycles. The summed E-state index contributed by atoms with van der Waals surface area (Å²) in [5, 5.41) is 0. The van der Waals surface area contributed by atoms with Crippen LogP contribution in [-0.2, 0) is 9.47 Å². The molecule has 3 heteroatoms. The van der Waals surface area contributed by atoms with Crippen LogP contribution in [0.3, 0.4) is 0 Å². The van der Waals surface area contributed by atoms with E-state index >= 15 is 0 Å². The SMILES string of the molecule is CCOCOC(=O)c1cccc(C)c1. The van der Waals surface area contributed by atoms with Crippen molar-refractivity contribution in [1.29, 1.82) is 0 Å². The van der Waals surface area contributed by atoms with Gasteiger partial charge >= 0.3 is 5.97 Å². The topological polar surface area (TPSA) is 35.5 Å². The van der Waals surface area contributed by atoms with Crippen LogP contribution in [0.2, 0.25) is 0 Å². The summed E-state index contributed by atoms with van der Waals surface area (Å²) in [4.78, 5) is 11.4. The molecule has 1 rings (SSSR count). The first-order valence-corrected chi connectivity index (χ1v) is 4.55. The Balaban J connectivity index is 2.52. The van der Waals surface area contributed by atoms with Gasteiger partial charge < -0.3 is 9.47 Å². The van der Waals surface area contributed by atoms with E-state index in [1.165, 1.54) is 0 Å². The van der Waals surface area contributed by atoms with Gasteiger partial charge in [0.05, 0.1) is 5.56 Å². The number of benzene rings is 1. The van der Waals surface area contributed by atoms with Gasteiger partial charge in [0.2, 0.25) is 0 Å². The number of hydrogen-bond donors (Lipinski definition) is 0. The van der Waals surface area contributed by atoms with Crippen molar-refractivity contribution in [2.24, 2.45) is 0 Å². The molecule has 0 N–H and O–H groups in total. The normalized spacial score (nSPS) is 9.86. The number of aryl methyl sites for hydroxylation is 1. The second-order valence-electron chi connectivity index (χ2n) is 2.91. The Morgan fingerprint density at radius 3 is 2.86 bits per heavy atom. The van der Waals surface area contributed by atoms with Crippen LogP contribution >= 0.6 is 0 Å². The summed E-state index contributed by atoms with van der Waals surface area (Å²) in [6, 6.07) is 7.27. The molecule has 0 unspecified atom stereocenters. The average Bonchev–Trinajstić information content (AvgIpc) is 2.18. The molecule has 0 aromatic heterocycles. The van der Waals surface area contributed by atoms with Crippen LogP contribution < -0.4 is 0 Å². The summed E-state index contributed by atoms with van der Waals surface area (Å²) in [5.74, 6) is -0.345. The first-order chi connectivity index (χ1) is 6.74. The molecule has 76 valence electrons. The summed E-state index contributed by atoms with van der Waals surface area (Å²) in [5.41, 5.74) is 1.60. The summed E-state index contributed by atoms with van der Waals surface area (Å²) < 4.78 is 9.78. The smallest absolute Gasteiger partial charge is 0.340 e. The van der Waals surface area contributed by atoms with Crippen molar-refractivity contribution >= 4 is 5.97 Å². The van der Waals surface area contributed by atoms with Gasteiger partial charge in [0.15, 0.2) is 6.79 Å². The Bertz CT molecular complexity index is 307. The van der Waals surface area contributed by atoms with Gasteiger partial charge in [0, 0.05) is 6.61 Å². The summed E-state index contributed by atoms with van der Waals surface area (Å²) in [6.45, 7) is 4.34. The van der Waals surface area contributed by atoms with Crippen molar-refractivity contribution in [2.45, 2.75) is 13.8 Å². The van der Waals surface area contributed by atoms with Crippen molar-refractivity contribution in [1.82, 2.24) is 0 Å². The number of hydrogen-bond acceptors (Lipinski definition) is 3. The zero-order valence-electron chi connectivity index (χ0n) is 8.45. The first kappa shape index (κ1) is 10.7. The molecule has 3 nitrogen and oxygen atoms in total. The minimum atomic E-state index is -0.345. The molecule has 1 aromatic carbocycles. The lowest BCUT2D eigenvalue weighted by atomic mass is 10.1. The third-order valence-electron chi connectivity index (χ3n) is 1.73. The van der Waals surface area contributed by atoms with Crippen LogP contribution in [0.4, 0.5) is 0 Å². The molecule has 0 aliphatic rings. The molecule has 0 spiro atoms. The number of ether oxygens (including phenoxy) is 2. The van der Waals surface area contributed by atoms with Crippen LogP contribution in [-0.4, -0.2) is 19.4 Å². The molecule has 0 atom stereocenters. The number of rotatable bonds is 4. The Labute approximate surface area is 83.6 Å². The highest BCUT2D eigenvalue weighted by atomic mass is 16.7. The van der Waals surface area contributed by atoms with E-state index in [1.54, 1.807) is 12.1 Å². The Hall–Kier alpha value is -1.35. The van der Waals surface area contributed by atoms with Gasteiger partial charge in [-0.3, -0.25) is 0 Å². The summed E-state index contributed by atoms with van der Waals surface area (Å²) >= 11 is 0. The van der Waals surface area contributed by atoms with Gasteiger partial charge in [-0.25, -0.2) is 4.79 Å². The maximum absolute atomic E-state index is 11.4. The molecule has 0 radical (unpaired) electrons. The van der Waals surface area contributed by atoms with Crippen LogP contribution in [0.15, 0.2) is 24.3 Å². The second kappa shape index (κ2) is 5.40. The summed E-state index contributed by atoms with van der Waals surface area (Å²) in [6.07, 6.45) is 0. The molecule has 14 heavy (non-hydrogen) atoms. The molecular weight excluding hydrogens is 180 g/mol. The van der Waals surface area contributed by atoms with Crippen molar-refractivity contribution in [3.8, 4) is 0 Å². The van der Waals surface area contributed by atoms with Crippen LogP contribution in [0, 0.1) is 6.92 Å². The highest BCUT2D eigenvalue weighted by Crippen LogP contribution is 2.05. The predicted molar refractivity (Wildman–Crippen MR) is 53.1 cm³/mol. The Morgan fingerprint density at radius 1 is 1.43 bits per heavy atom. The van der Waals surface area contributed by atoms with E-state index in [1.807, 2.05) is 26.0 Å². The third kappa shape index (κ3) is 3.18. The largest absolute Gasteiger partial charge is 0.435 e. The van der Waals surface area contributed by atoms with Gasteiger partial charge in [-0.15, -0.1) is 0 Å². The average molecular weight is 194 g/mol. The van der Waals surface area contributed by atoms with E-state index < -0.39 is 0 Å². The van der Waals surface area contributed by atoms with Gasteiger partial charge in [-0.05, 0) is 26.0 Å². The van der Waals surface area contributed by atoms with Gasteiger partial charge in [-0.2, -0.15) is 0 Å². The van der Waals surface area contributed by atoms with E-state index in [-0.39, 0.29) is 12.8 Å². The maximum atomic E-state index is 11.4. The quantitative estimate of drug-likeness (QED) is 0.418. The van der Waals surface area contributed by atoms with Crippen molar-refractivity contribution in [2.75, 3.05) is 13.4 Å². The lowest BCUT2D eigenvalue weighted by Crippen LogP contribution is -2.08.